The van der Waals surface area contributed by atoms with E-state index in [0.29, 0.717) is 6.07 Å². The molecule has 0 fully saturated rings. The molecule has 0 saturated heterocycles. The van der Waals surface area contributed by atoms with Crippen LogP contribution < -0.4 is 0 Å². The fourth-order valence-corrected chi connectivity index (χ4v) is 2.21. The Kier molecular flexibility index (Phi) is 3.81. The molecule has 0 aliphatic carbocycles. The molecule has 0 aliphatic heterocycles. The van der Waals surface area contributed by atoms with Crippen LogP contribution in [0.2, 0.25) is 0 Å². The minimum absolute atomic E-state index is 0.262. The predicted molar refractivity (Wildman–Crippen MR) is 54.6 cm³/mol. The Morgan fingerprint density at radius 3 is 2.29 bits per heavy atom. The largest absolute Gasteiger partial charge is 0.416 e. The van der Waals surface area contributed by atoms with Gasteiger partial charge >= 0.3 is 6.18 Å². The topological polar surface area (TPSA) is 34.1 Å². The number of rotatable bonds is 3. The van der Waals surface area contributed by atoms with Crippen molar-refractivity contribution in [2.45, 2.75) is 18.9 Å². The van der Waals surface area contributed by atoms with Gasteiger partial charge in [-0.1, -0.05) is 13.0 Å². The standard InChI is InChI=1S/C10H10F4O2S/c1-2-17(15,16)6-7-3-4-8(11)5-9(7)10(12,13)14/h3-5H,2,6H2,1H3. The van der Waals surface area contributed by atoms with Crippen LogP contribution >= 0.6 is 0 Å². The van der Waals surface area contributed by atoms with Crippen LogP contribution in [0.3, 0.4) is 0 Å². The summed E-state index contributed by atoms with van der Waals surface area (Å²) >= 11 is 0. The van der Waals surface area contributed by atoms with Gasteiger partial charge in [-0.05, 0) is 17.7 Å². The molecule has 17 heavy (non-hydrogen) atoms. The third kappa shape index (κ3) is 3.69. The number of hydrogen-bond acceptors (Lipinski definition) is 2. The van der Waals surface area contributed by atoms with Gasteiger partial charge < -0.3 is 0 Å². The first-order valence-electron chi connectivity index (χ1n) is 4.72. The zero-order chi connectivity index (χ0) is 13.3. The smallest absolute Gasteiger partial charge is 0.229 e. The monoisotopic (exact) mass is 270 g/mol. The van der Waals surface area contributed by atoms with Gasteiger partial charge in [-0.3, -0.25) is 0 Å². The van der Waals surface area contributed by atoms with Crippen LogP contribution in [0.5, 0.6) is 0 Å². The Morgan fingerprint density at radius 1 is 1.24 bits per heavy atom. The average molecular weight is 270 g/mol. The maximum atomic E-state index is 12.7. The highest BCUT2D eigenvalue weighted by molar-refractivity contribution is 7.90. The summed E-state index contributed by atoms with van der Waals surface area (Å²) in [5.74, 6) is -2.05. The minimum atomic E-state index is -4.76. The highest BCUT2D eigenvalue weighted by Gasteiger charge is 2.34. The molecule has 0 aliphatic rings. The fourth-order valence-electron chi connectivity index (χ4n) is 1.28. The quantitative estimate of drug-likeness (QED) is 0.791. The summed E-state index contributed by atoms with van der Waals surface area (Å²) in [6, 6.07) is 1.97. The van der Waals surface area contributed by atoms with Crippen molar-refractivity contribution in [1.82, 2.24) is 0 Å². The van der Waals surface area contributed by atoms with Crippen LogP contribution in [-0.2, 0) is 21.8 Å². The summed E-state index contributed by atoms with van der Waals surface area (Å²) < 4.78 is 72.9. The molecular weight excluding hydrogens is 260 g/mol. The number of benzene rings is 1. The van der Waals surface area contributed by atoms with E-state index in [1.54, 1.807) is 0 Å². The van der Waals surface area contributed by atoms with Crippen molar-refractivity contribution in [3.8, 4) is 0 Å². The maximum Gasteiger partial charge on any atom is 0.416 e. The number of alkyl halides is 3. The second-order valence-corrected chi connectivity index (χ2v) is 5.83. The van der Waals surface area contributed by atoms with Crippen molar-refractivity contribution >= 4 is 9.84 Å². The van der Waals surface area contributed by atoms with E-state index in [-0.39, 0.29) is 5.75 Å². The van der Waals surface area contributed by atoms with Gasteiger partial charge in [-0.25, -0.2) is 12.8 Å². The number of sulfone groups is 1. The lowest BCUT2D eigenvalue weighted by atomic mass is 10.1. The number of halogens is 4. The van der Waals surface area contributed by atoms with E-state index in [9.17, 15) is 26.0 Å². The van der Waals surface area contributed by atoms with E-state index in [2.05, 4.69) is 0 Å². The molecule has 0 radical (unpaired) electrons. The van der Waals surface area contributed by atoms with Crippen LogP contribution in [0, 0.1) is 5.82 Å². The van der Waals surface area contributed by atoms with E-state index >= 15 is 0 Å². The first-order valence-corrected chi connectivity index (χ1v) is 6.54. The molecule has 0 amide bonds. The van der Waals surface area contributed by atoms with E-state index in [4.69, 9.17) is 0 Å². The lowest BCUT2D eigenvalue weighted by Gasteiger charge is -2.12. The summed E-state index contributed by atoms with van der Waals surface area (Å²) in [6.07, 6.45) is -4.76. The summed E-state index contributed by atoms with van der Waals surface area (Å²) in [7, 11) is -3.59. The van der Waals surface area contributed by atoms with Gasteiger partial charge in [0.05, 0.1) is 11.3 Å². The molecular formula is C10H10F4O2S. The SMILES string of the molecule is CCS(=O)(=O)Cc1ccc(F)cc1C(F)(F)F. The van der Waals surface area contributed by atoms with E-state index in [1.165, 1.54) is 6.92 Å². The second kappa shape index (κ2) is 4.64. The Bertz CT molecular complexity index is 506. The second-order valence-electron chi connectivity index (χ2n) is 3.48. The maximum absolute atomic E-state index is 12.7. The lowest BCUT2D eigenvalue weighted by Crippen LogP contribution is -2.14. The highest BCUT2D eigenvalue weighted by Crippen LogP contribution is 2.33. The Hall–Kier alpha value is -1.11. The van der Waals surface area contributed by atoms with Crippen molar-refractivity contribution in [1.29, 1.82) is 0 Å². The van der Waals surface area contributed by atoms with Gasteiger partial charge in [0.1, 0.15) is 5.82 Å². The molecule has 7 heteroatoms. The lowest BCUT2D eigenvalue weighted by molar-refractivity contribution is -0.138. The summed E-state index contributed by atoms with van der Waals surface area (Å²) in [5, 5.41) is 0. The van der Waals surface area contributed by atoms with E-state index in [1.807, 2.05) is 0 Å². The fraction of sp³-hybridized carbons (Fsp3) is 0.400. The van der Waals surface area contributed by atoms with Gasteiger partial charge in [-0.15, -0.1) is 0 Å². The molecule has 0 heterocycles. The van der Waals surface area contributed by atoms with Crippen molar-refractivity contribution in [2.24, 2.45) is 0 Å². The van der Waals surface area contributed by atoms with Gasteiger partial charge in [0, 0.05) is 5.75 Å². The Labute approximate surface area is 96.2 Å². The zero-order valence-electron chi connectivity index (χ0n) is 8.88. The van der Waals surface area contributed by atoms with E-state index < -0.39 is 38.7 Å². The first kappa shape index (κ1) is 14.0. The third-order valence-corrected chi connectivity index (χ3v) is 3.82. The molecule has 0 saturated carbocycles. The van der Waals surface area contributed by atoms with Crippen molar-refractivity contribution < 1.29 is 26.0 Å². The molecule has 2 nitrogen and oxygen atoms in total. The molecule has 96 valence electrons. The number of hydrogen-bond donors (Lipinski definition) is 0. The van der Waals surface area contributed by atoms with Crippen LogP contribution in [0.4, 0.5) is 17.6 Å². The Morgan fingerprint density at radius 2 is 1.82 bits per heavy atom. The van der Waals surface area contributed by atoms with Gasteiger partial charge in [-0.2, -0.15) is 13.2 Å². The average Bonchev–Trinajstić information content (AvgIpc) is 2.19. The minimum Gasteiger partial charge on any atom is -0.229 e. The molecule has 0 bridgehead atoms. The normalized spacial score (nSPS) is 12.8. The van der Waals surface area contributed by atoms with Crippen LogP contribution in [0.25, 0.3) is 0 Å². The summed E-state index contributed by atoms with van der Waals surface area (Å²) in [4.78, 5) is 0. The molecule has 0 unspecified atom stereocenters. The van der Waals surface area contributed by atoms with Crippen molar-refractivity contribution in [2.75, 3.05) is 5.75 Å². The molecule has 0 N–H and O–H groups in total. The molecule has 1 rings (SSSR count). The van der Waals surface area contributed by atoms with Gasteiger partial charge in [0.15, 0.2) is 9.84 Å². The first-order chi connectivity index (χ1) is 7.65. The highest BCUT2D eigenvalue weighted by atomic mass is 32.2. The zero-order valence-corrected chi connectivity index (χ0v) is 9.70. The van der Waals surface area contributed by atoms with Crippen LogP contribution in [0.1, 0.15) is 18.1 Å². The summed E-state index contributed by atoms with van der Waals surface area (Å²) in [5.41, 5.74) is -1.67. The Balaban J connectivity index is 3.26. The predicted octanol–water partition coefficient (Wildman–Crippen LogP) is 2.78. The van der Waals surface area contributed by atoms with Crippen LogP contribution in [-0.4, -0.2) is 14.2 Å². The molecule has 0 spiro atoms. The molecule has 0 atom stereocenters. The summed E-state index contributed by atoms with van der Waals surface area (Å²) in [6.45, 7) is 1.34. The third-order valence-electron chi connectivity index (χ3n) is 2.19. The van der Waals surface area contributed by atoms with Gasteiger partial charge in [0.2, 0.25) is 0 Å². The van der Waals surface area contributed by atoms with Crippen molar-refractivity contribution in [3.05, 3.63) is 35.1 Å². The van der Waals surface area contributed by atoms with Gasteiger partial charge in [0.25, 0.3) is 0 Å². The van der Waals surface area contributed by atoms with E-state index in [0.717, 1.165) is 12.1 Å². The molecule has 1 aromatic rings. The van der Waals surface area contributed by atoms with Crippen LogP contribution in [0.15, 0.2) is 18.2 Å². The molecule has 0 aromatic heterocycles. The molecule has 1 aromatic carbocycles. The van der Waals surface area contributed by atoms with Crippen molar-refractivity contribution in [3.63, 3.8) is 0 Å².